The van der Waals surface area contributed by atoms with E-state index >= 15 is 0 Å². The molecule has 0 nitrogen and oxygen atoms in total. The molecule has 0 heteroatoms. The molecule has 0 bridgehead atoms. The van der Waals surface area contributed by atoms with Gasteiger partial charge in [0, 0.05) is 0 Å². The number of hydrogen-bond donors (Lipinski definition) is 0. The molecular formula is C45H74. The maximum Gasteiger partial charge on any atom is -0.0111 e. The van der Waals surface area contributed by atoms with Gasteiger partial charge in [0.2, 0.25) is 0 Å². The summed E-state index contributed by atoms with van der Waals surface area (Å²) in [5, 5.41) is 0. The fourth-order valence-electron chi connectivity index (χ4n) is 5.83. The van der Waals surface area contributed by atoms with Gasteiger partial charge in [-0.25, -0.2) is 0 Å². The van der Waals surface area contributed by atoms with Gasteiger partial charge in [0.25, 0.3) is 0 Å². The molecule has 0 amide bonds. The first-order chi connectivity index (χ1) is 21.5. The molecule has 1 atom stereocenters. The van der Waals surface area contributed by atoms with Crippen molar-refractivity contribution in [1.29, 1.82) is 0 Å². The number of rotatable bonds is 14. The Balaban J connectivity index is 0.000000619. The summed E-state index contributed by atoms with van der Waals surface area (Å²) in [6.07, 6.45) is 16.9. The van der Waals surface area contributed by atoms with Crippen molar-refractivity contribution in [3.8, 4) is 0 Å². The predicted octanol–water partition coefficient (Wildman–Crippen LogP) is 14.9. The van der Waals surface area contributed by atoms with Gasteiger partial charge in [-0.15, -0.1) is 0 Å². The van der Waals surface area contributed by atoms with Crippen LogP contribution in [0.2, 0.25) is 0 Å². The third kappa shape index (κ3) is 19.0. The predicted molar refractivity (Wildman–Crippen MR) is 207 cm³/mol. The van der Waals surface area contributed by atoms with Gasteiger partial charge in [-0.05, 0) is 105 Å². The molecule has 45 heavy (non-hydrogen) atoms. The third-order valence-electron chi connectivity index (χ3n) is 9.15. The van der Waals surface area contributed by atoms with E-state index in [0.717, 1.165) is 0 Å². The molecule has 3 rings (SSSR count). The van der Waals surface area contributed by atoms with Crippen molar-refractivity contribution in [2.75, 3.05) is 0 Å². The lowest BCUT2D eigenvalue weighted by Crippen LogP contribution is -2.22. The van der Waals surface area contributed by atoms with Crippen molar-refractivity contribution >= 4 is 0 Å². The zero-order chi connectivity index (χ0) is 34.1. The second-order valence-corrected chi connectivity index (χ2v) is 13.9. The third-order valence-corrected chi connectivity index (χ3v) is 9.15. The summed E-state index contributed by atoms with van der Waals surface area (Å²) >= 11 is 0. The average Bonchev–Trinajstić information content (AvgIpc) is 3.02. The van der Waals surface area contributed by atoms with Gasteiger partial charge in [-0.1, -0.05) is 178 Å². The highest BCUT2D eigenvalue weighted by Crippen LogP contribution is 2.42. The molecular weight excluding hydrogens is 540 g/mol. The van der Waals surface area contributed by atoms with Crippen LogP contribution in [0.5, 0.6) is 0 Å². The zero-order valence-corrected chi connectivity index (χ0v) is 32.1. The quantitative estimate of drug-likeness (QED) is 0.158. The fourth-order valence-corrected chi connectivity index (χ4v) is 5.83. The number of hydrogen-bond acceptors (Lipinski definition) is 0. The maximum atomic E-state index is 2.42. The van der Waals surface area contributed by atoms with Crippen LogP contribution in [0.25, 0.3) is 0 Å². The standard InChI is InChI=1S/C17H28.2C12H18.C4H10/c1-7-12-17(5,6)16(8-2)15-11-9-10-13(3)14(15)4;2*1-3-4-5-6-12-9-7-11(2)8-10-12;1-3-4-2/h9-11,16H,7-8,12H2,1-6H3;2*7-10H,3-6H2,1-2H3;3-4H2,1-2H3. The molecule has 0 aliphatic carbocycles. The Morgan fingerprint density at radius 3 is 1.31 bits per heavy atom. The van der Waals surface area contributed by atoms with E-state index in [2.05, 4.69) is 150 Å². The molecule has 0 heterocycles. The molecule has 3 aromatic carbocycles. The highest BCUT2D eigenvalue weighted by molar-refractivity contribution is 5.36. The lowest BCUT2D eigenvalue weighted by atomic mass is 9.70. The minimum absolute atomic E-state index is 0.405. The topological polar surface area (TPSA) is 0 Å². The monoisotopic (exact) mass is 615 g/mol. The molecule has 0 saturated heterocycles. The second-order valence-electron chi connectivity index (χ2n) is 13.9. The van der Waals surface area contributed by atoms with Gasteiger partial charge in [0.05, 0.1) is 0 Å². The van der Waals surface area contributed by atoms with Crippen molar-refractivity contribution in [3.05, 3.63) is 106 Å². The largest absolute Gasteiger partial charge is 0.0654 e. The lowest BCUT2D eigenvalue weighted by Gasteiger charge is -2.35. The first kappa shape index (κ1) is 42.7. The van der Waals surface area contributed by atoms with Crippen molar-refractivity contribution in [2.24, 2.45) is 5.41 Å². The molecule has 1 unspecified atom stereocenters. The first-order valence-electron chi connectivity index (χ1n) is 18.7. The van der Waals surface area contributed by atoms with E-state index in [1.54, 1.807) is 5.56 Å². The number of unbranched alkanes of at least 4 members (excludes halogenated alkanes) is 5. The summed E-state index contributed by atoms with van der Waals surface area (Å²) in [7, 11) is 0. The van der Waals surface area contributed by atoms with Gasteiger partial charge in [0.15, 0.2) is 0 Å². The summed E-state index contributed by atoms with van der Waals surface area (Å²) in [4.78, 5) is 0. The Labute approximate surface area is 282 Å². The molecule has 0 saturated carbocycles. The van der Waals surface area contributed by atoms with Gasteiger partial charge in [0.1, 0.15) is 0 Å². The van der Waals surface area contributed by atoms with Crippen LogP contribution in [0.15, 0.2) is 66.7 Å². The van der Waals surface area contributed by atoms with Gasteiger partial charge >= 0.3 is 0 Å². The summed E-state index contributed by atoms with van der Waals surface area (Å²) in [6.45, 7) is 27.1. The Morgan fingerprint density at radius 2 is 0.956 bits per heavy atom. The van der Waals surface area contributed by atoms with E-state index in [1.165, 1.54) is 117 Å². The van der Waals surface area contributed by atoms with Gasteiger partial charge in [-0.3, -0.25) is 0 Å². The van der Waals surface area contributed by atoms with Crippen molar-refractivity contribution in [2.45, 2.75) is 172 Å². The summed E-state index contributed by atoms with van der Waals surface area (Å²) in [6, 6.07) is 24.5. The van der Waals surface area contributed by atoms with E-state index in [1.807, 2.05) is 0 Å². The molecule has 0 radical (unpaired) electrons. The van der Waals surface area contributed by atoms with Crippen LogP contribution < -0.4 is 0 Å². The highest BCUT2D eigenvalue weighted by atomic mass is 14.3. The van der Waals surface area contributed by atoms with Crippen molar-refractivity contribution in [1.82, 2.24) is 0 Å². The smallest absolute Gasteiger partial charge is 0.0111 e. The van der Waals surface area contributed by atoms with E-state index in [4.69, 9.17) is 0 Å². The van der Waals surface area contributed by atoms with Crippen LogP contribution in [0, 0.1) is 33.1 Å². The van der Waals surface area contributed by atoms with E-state index < -0.39 is 0 Å². The van der Waals surface area contributed by atoms with Crippen LogP contribution in [0.3, 0.4) is 0 Å². The van der Waals surface area contributed by atoms with Crippen LogP contribution in [-0.4, -0.2) is 0 Å². The minimum atomic E-state index is 0.405. The van der Waals surface area contributed by atoms with Gasteiger partial charge in [-0.2, -0.15) is 0 Å². The number of benzene rings is 3. The second kappa shape index (κ2) is 25.8. The lowest BCUT2D eigenvalue weighted by molar-refractivity contribution is 0.252. The molecule has 0 aromatic heterocycles. The minimum Gasteiger partial charge on any atom is -0.0654 e. The molecule has 254 valence electrons. The Bertz CT molecular complexity index is 1030. The Hall–Kier alpha value is -2.34. The Morgan fingerprint density at radius 1 is 0.511 bits per heavy atom. The molecule has 0 aliphatic rings. The maximum absolute atomic E-state index is 2.42. The molecule has 0 spiro atoms. The summed E-state index contributed by atoms with van der Waals surface area (Å²) in [5.41, 5.74) is 10.6. The van der Waals surface area contributed by atoms with Crippen molar-refractivity contribution < 1.29 is 0 Å². The number of aryl methyl sites for hydroxylation is 5. The van der Waals surface area contributed by atoms with Crippen LogP contribution in [0.1, 0.15) is 171 Å². The Kier molecular flexibility index (Phi) is 24.5. The van der Waals surface area contributed by atoms with E-state index in [9.17, 15) is 0 Å². The van der Waals surface area contributed by atoms with Crippen molar-refractivity contribution in [3.63, 3.8) is 0 Å². The average molecular weight is 615 g/mol. The molecule has 0 aliphatic heterocycles. The first-order valence-corrected chi connectivity index (χ1v) is 18.7. The molecule has 3 aromatic rings. The SMILES string of the molecule is CCCC.CCCC(C)(C)C(CC)c1cccc(C)c1C.CCCCCc1ccc(C)cc1.CCCCCc1ccc(C)cc1. The van der Waals surface area contributed by atoms with Crippen LogP contribution in [0.4, 0.5) is 0 Å². The van der Waals surface area contributed by atoms with E-state index in [-0.39, 0.29) is 0 Å². The summed E-state index contributed by atoms with van der Waals surface area (Å²) in [5.74, 6) is 0.683. The van der Waals surface area contributed by atoms with Crippen LogP contribution in [-0.2, 0) is 12.8 Å². The van der Waals surface area contributed by atoms with Gasteiger partial charge < -0.3 is 0 Å². The highest BCUT2D eigenvalue weighted by Gasteiger charge is 2.29. The van der Waals surface area contributed by atoms with E-state index in [0.29, 0.717) is 11.3 Å². The summed E-state index contributed by atoms with van der Waals surface area (Å²) < 4.78 is 0. The van der Waals surface area contributed by atoms with Crippen LogP contribution >= 0.6 is 0 Å². The zero-order valence-electron chi connectivity index (χ0n) is 32.1. The fraction of sp³-hybridized carbons (Fsp3) is 0.600. The molecule has 0 fully saturated rings. The normalized spacial score (nSPS) is 11.3. The molecule has 0 N–H and O–H groups in total.